The Bertz CT molecular complexity index is 722. The molecule has 2 heteroatoms. The van der Waals surface area contributed by atoms with Gasteiger partial charge in [0.1, 0.15) is 0 Å². The Morgan fingerprint density at radius 2 is 1.11 bits per heavy atom. The maximum absolute atomic E-state index is 9.34. The number of rotatable bonds is 8. The lowest BCUT2D eigenvalue weighted by Gasteiger charge is -2.53. The second-order valence-electron chi connectivity index (χ2n) is 9.06. The molecule has 148 valence electrons. The third kappa shape index (κ3) is 4.12. The lowest BCUT2D eigenvalue weighted by molar-refractivity contribution is 0.0915. The smallest absolute Gasteiger partial charge is 0.0716 e. The van der Waals surface area contributed by atoms with Crippen LogP contribution in [-0.2, 0) is 28.8 Å². The normalized spacial score (nSPS) is 13.0. The van der Waals surface area contributed by atoms with Gasteiger partial charge in [0.25, 0.3) is 0 Å². The average Bonchev–Trinajstić information content (AvgIpc) is 2.66. The SMILES string of the molecule is CCOCc1ccc(C(C)(C)C(C)(C)C(C)(C)c2ccc(CO)cc2)cc1. The van der Waals surface area contributed by atoms with Crippen molar-refractivity contribution in [3.63, 3.8) is 0 Å². The highest BCUT2D eigenvalue weighted by molar-refractivity contribution is 5.36. The highest BCUT2D eigenvalue weighted by atomic mass is 16.5. The van der Waals surface area contributed by atoms with Crippen LogP contribution in [0.2, 0.25) is 0 Å². The fourth-order valence-corrected chi connectivity index (χ4v) is 3.77. The summed E-state index contributed by atoms with van der Waals surface area (Å²) in [5.74, 6) is 0. The molecule has 0 aliphatic carbocycles. The molecule has 0 saturated heterocycles. The summed E-state index contributed by atoms with van der Waals surface area (Å²) in [7, 11) is 0. The molecule has 0 radical (unpaired) electrons. The fraction of sp³-hybridized carbons (Fsp3) is 0.520. The molecule has 0 bridgehead atoms. The van der Waals surface area contributed by atoms with Crippen LogP contribution in [-0.4, -0.2) is 11.7 Å². The molecular formula is C25H36O2. The molecule has 2 nitrogen and oxygen atoms in total. The molecule has 0 saturated carbocycles. The third-order valence-electron chi connectivity index (χ3n) is 7.13. The Morgan fingerprint density at radius 3 is 1.48 bits per heavy atom. The van der Waals surface area contributed by atoms with Gasteiger partial charge < -0.3 is 9.84 Å². The molecule has 0 aliphatic rings. The minimum Gasteiger partial charge on any atom is -0.392 e. The summed E-state index contributed by atoms with van der Waals surface area (Å²) in [6.07, 6.45) is 0. The van der Waals surface area contributed by atoms with Gasteiger partial charge in [-0.1, -0.05) is 90.1 Å². The highest BCUT2D eigenvalue weighted by Crippen LogP contribution is 2.53. The van der Waals surface area contributed by atoms with Gasteiger partial charge in [-0.2, -0.15) is 0 Å². The first kappa shape index (κ1) is 21.7. The molecule has 2 aromatic carbocycles. The molecule has 0 unspecified atom stereocenters. The van der Waals surface area contributed by atoms with Crippen molar-refractivity contribution in [2.45, 2.75) is 72.5 Å². The Kier molecular flexibility index (Phi) is 6.55. The Balaban J connectivity index is 2.35. The van der Waals surface area contributed by atoms with E-state index < -0.39 is 0 Å². The van der Waals surface area contributed by atoms with Crippen LogP contribution in [0.1, 0.15) is 70.7 Å². The zero-order valence-electron chi connectivity index (χ0n) is 18.1. The minimum atomic E-state index is -0.0471. The van der Waals surface area contributed by atoms with Gasteiger partial charge in [0.05, 0.1) is 13.2 Å². The van der Waals surface area contributed by atoms with E-state index in [0.29, 0.717) is 6.61 Å². The van der Waals surface area contributed by atoms with Crippen LogP contribution in [0.25, 0.3) is 0 Å². The molecule has 27 heavy (non-hydrogen) atoms. The van der Waals surface area contributed by atoms with Gasteiger partial charge >= 0.3 is 0 Å². The predicted octanol–water partition coefficient (Wildman–Crippen LogP) is 6.00. The Hall–Kier alpha value is -1.64. The summed E-state index contributed by atoms with van der Waals surface area (Å²) in [4.78, 5) is 0. The average molecular weight is 369 g/mol. The largest absolute Gasteiger partial charge is 0.392 e. The number of benzene rings is 2. The molecule has 0 amide bonds. The first-order valence-corrected chi connectivity index (χ1v) is 9.95. The summed E-state index contributed by atoms with van der Waals surface area (Å²) < 4.78 is 5.53. The molecule has 1 N–H and O–H groups in total. The third-order valence-corrected chi connectivity index (χ3v) is 7.13. The second kappa shape index (κ2) is 8.16. The van der Waals surface area contributed by atoms with E-state index in [1.54, 1.807) is 0 Å². The van der Waals surface area contributed by atoms with Crippen LogP contribution in [0.15, 0.2) is 48.5 Å². The number of aliphatic hydroxyl groups excluding tert-OH is 1. The van der Waals surface area contributed by atoms with Crippen molar-refractivity contribution in [1.82, 2.24) is 0 Å². The lowest BCUT2D eigenvalue weighted by atomic mass is 9.51. The number of hydrogen-bond donors (Lipinski definition) is 1. The van der Waals surface area contributed by atoms with E-state index in [2.05, 4.69) is 77.9 Å². The maximum Gasteiger partial charge on any atom is 0.0716 e. The molecule has 2 aromatic rings. The molecule has 0 spiro atoms. The van der Waals surface area contributed by atoms with Crippen molar-refractivity contribution in [3.05, 3.63) is 70.8 Å². The topological polar surface area (TPSA) is 29.5 Å². The van der Waals surface area contributed by atoms with Crippen molar-refractivity contribution in [1.29, 1.82) is 0 Å². The van der Waals surface area contributed by atoms with Crippen molar-refractivity contribution in [3.8, 4) is 0 Å². The lowest BCUT2D eigenvalue weighted by Crippen LogP contribution is -2.49. The van der Waals surface area contributed by atoms with Gasteiger partial charge in [-0.3, -0.25) is 0 Å². The summed E-state index contributed by atoms with van der Waals surface area (Å²) in [6.45, 7) is 17.6. The zero-order valence-corrected chi connectivity index (χ0v) is 18.1. The first-order valence-electron chi connectivity index (χ1n) is 9.95. The standard InChI is InChI=1S/C25H36O2/c1-8-27-18-20-11-15-22(16-12-20)24(4,5)25(6,7)23(2,3)21-13-9-19(17-26)10-14-21/h9-16,26H,8,17-18H2,1-7H3. The molecule has 2 rings (SSSR count). The highest BCUT2D eigenvalue weighted by Gasteiger charge is 2.49. The van der Waals surface area contributed by atoms with Gasteiger partial charge in [-0.05, 0) is 45.4 Å². The van der Waals surface area contributed by atoms with Crippen LogP contribution in [0.5, 0.6) is 0 Å². The minimum absolute atomic E-state index is 0.0117. The number of ether oxygens (including phenoxy) is 1. The van der Waals surface area contributed by atoms with E-state index in [9.17, 15) is 5.11 Å². The molecule has 0 atom stereocenters. The van der Waals surface area contributed by atoms with E-state index in [1.165, 1.54) is 16.7 Å². The maximum atomic E-state index is 9.34. The van der Waals surface area contributed by atoms with Crippen LogP contribution in [0, 0.1) is 5.41 Å². The Labute approximate surface area is 165 Å². The van der Waals surface area contributed by atoms with Gasteiger partial charge in [0.15, 0.2) is 0 Å². The summed E-state index contributed by atoms with van der Waals surface area (Å²) in [5.41, 5.74) is 4.72. The quantitative estimate of drug-likeness (QED) is 0.619. The predicted molar refractivity (Wildman–Crippen MR) is 114 cm³/mol. The molecule has 0 fully saturated rings. The fourth-order valence-electron chi connectivity index (χ4n) is 3.77. The van der Waals surface area contributed by atoms with Crippen molar-refractivity contribution < 1.29 is 9.84 Å². The number of aliphatic hydroxyl groups is 1. The van der Waals surface area contributed by atoms with Gasteiger partial charge in [-0.15, -0.1) is 0 Å². The van der Waals surface area contributed by atoms with Gasteiger partial charge in [0, 0.05) is 6.61 Å². The molecule has 0 aromatic heterocycles. The molecular weight excluding hydrogens is 332 g/mol. The van der Waals surface area contributed by atoms with Crippen LogP contribution in [0.4, 0.5) is 0 Å². The zero-order chi connectivity index (χ0) is 20.3. The first-order chi connectivity index (χ1) is 12.6. The van der Waals surface area contributed by atoms with Crippen LogP contribution in [0.3, 0.4) is 0 Å². The van der Waals surface area contributed by atoms with Crippen LogP contribution >= 0.6 is 0 Å². The van der Waals surface area contributed by atoms with Gasteiger partial charge in [-0.25, -0.2) is 0 Å². The van der Waals surface area contributed by atoms with Crippen molar-refractivity contribution >= 4 is 0 Å². The van der Waals surface area contributed by atoms with Gasteiger partial charge in [0.2, 0.25) is 0 Å². The second-order valence-corrected chi connectivity index (χ2v) is 9.06. The van der Waals surface area contributed by atoms with E-state index in [4.69, 9.17) is 4.74 Å². The Morgan fingerprint density at radius 1 is 0.704 bits per heavy atom. The molecule has 0 aliphatic heterocycles. The number of hydrogen-bond acceptors (Lipinski definition) is 2. The monoisotopic (exact) mass is 368 g/mol. The van der Waals surface area contributed by atoms with Crippen LogP contribution < -0.4 is 0 Å². The summed E-state index contributed by atoms with van der Waals surface area (Å²) in [5, 5.41) is 9.34. The van der Waals surface area contributed by atoms with E-state index in [-0.39, 0.29) is 22.9 Å². The molecule has 0 heterocycles. The summed E-state index contributed by atoms with van der Waals surface area (Å²) in [6, 6.07) is 17.3. The summed E-state index contributed by atoms with van der Waals surface area (Å²) >= 11 is 0. The van der Waals surface area contributed by atoms with E-state index in [1.807, 2.05) is 19.1 Å². The van der Waals surface area contributed by atoms with Crippen molar-refractivity contribution in [2.24, 2.45) is 5.41 Å². The van der Waals surface area contributed by atoms with E-state index >= 15 is 0 Å². The van der Waals surface area contributed by atoms with E-state index in [0.717, 1.165) is 12.2 Å². The van der Waals surface area contributed by atoms with Crippen molar-refractivity contribution in [2.75, 3.05) is 6.61 Å².